The largest absolute Gasteiger partial charge is 0.481 e. The van der Waals surface area contributed by atoms with Crippen molar-refractivity contribution in [2.45, 2.75) is 39.2 Å². The van der Waals surface area contributed by atoms with Gasteiger partial charge in [0.15, 0.2) is 0 Å². The SMILES string of the molecule is CC1CCC(CN(C)Cc2ccccc2Cl)(C(=O)O)CC1. The van der Waals surface area contributed by atoms with E-state index in [1.165, 1.54) is 0 Å². The summed E-state index contributed by atoms with van der Waals surface area (Å²) < 4.78 is 0. The number of halogens is 1. The molecule has 0 atom stereocenters. The van der Waals surface area contributed by atoms with E-state index in [0.717, 1.165) is 36.3 Å². The van der Waals surface area contributed by atoms with Crippen molar-refractivity contribution in [3.05, 3.63) is 34.9 Å². The molecule has 1 aliphatic rings. The quantitative estimate of drug-likeness (QED) is 0.892. The summed E-state index contributed by atoms with van der Waals surface area (Å²) in [5, 5.41) is 10.4. The Morgan fingerprint density at radius 2 is 2.00 bits per heavy atom. The van der Waals surface area contributed by atoms with Crippen molar-refractivity contribution >= 4 is 17.6 Å². The van der Waals surface area contributed by atoms with Crippen LogP contribution in [0.2, 0.25) is 5.02 Å². The van der Waals surface area contributed by atoms with Gasteiger partial charge >= 0.3 is 5.97 Å². The Hall–Kier alpha value is -1.06. The van der Waals surface area contributed by atoms with E-state index in [0.29, 0.717) is 19.0 Å². The van der Waals surface area contributed by atoms with E-state index in [2.05, 4.69) is 11.8 Å². The molecule has 0 amide bonds. The number of benzene rings is 1. The summed E-state index contributed by atoms with van der Waals surface area (Å²) in [4.78, 5) is 13.9. The van der Waals surface area contributed by atoms with Gasteiger partial charge in [-0.1, -0.05) is 36.7 Å². The second kappa shape index (κ2) is 6.80. The number of carboxylic acid groups (broad SMARTS) is 1. The van der Waals surface area contributed by atoms with Gasteiger partial charge in [-0.2, -0.15) is 0 Å². The molecule has 1 fully saturated rings. The molecule has 2 rings (SSSR count). The number of carbonyl (C=O) groups is 1. The molecule has 0 bridgehead atoms. The number of hydrogen-bond acceptors (Lipinski definition) is 2. The molecule has 0 unspecified atom stereocenters. The maximum Gasteiger partial charge on any atom is 0.310 e. The molecule has 1 aromatic rings. The summed E-state index contributed by atoms with van der Waals surface area (Å²) in [5.41, 5.74) is 0.453. The summed E-state index contributed by atoms with van der Waals surface area (Å²) in [7, 11) is 1.98. The molecule has 4 heteroatoms. The Morgan fingerprint density at radius 1 is 1.38 bits per heavy atom. The molecule has 0 aliphatic heterocycles. The molecule has 0 radical (unpaired) electrons. The summed E-state index contributed by atoms with van der Waals surface area (Å²) in [6.07, 6.45) is 3.56. The molecule has 116 valence electrons. The predicted molar refractivity (Wildman–Crippen MR) is 85.5 cm³/mol. The van der Waals surface area contributed by atoms with Crippen LogP contribution in [0, 0.1) is 11.3 Å². The third kappa shape index (κ3) is 3.98. The average Bonchev–Trinajstić information content (AvgIpc) is 2.44. The number of hydrogen-bond donors (Lipinski definition) is 1. The maximum absolute atomic E-state index is 11.8. The van der Waals surface area contributed by atoms with Crippen molar-refractivity contribution in [3.63, 3.8) is 0 Å². The normalized spacial score (nSPS) is 26.0. The van der Waals surface area contributed by atoms with Gasteiger partial charge in [0.05, 0.1) is 5.41 Å². The highest BCUT2D eigenvalue weighted by Crippen LogP contribution is 2.40. The fraction of sp³-hybridized carbons (Fsp3) is 0.588. The van der Waals surface area contributed by atoms with E-state index in [1.54, 1.807) is 0 Å². The smallest absolute Gasteiger partial charge is 0.310 e. The molecule has 0 spiro atoms. The summed E-state index contributed by atoms with van der Waals surface area (Å²) in [6, 6.07) is 7.74. The highest BCUT2D eigenvalue weighted by molar-refractivity contribution is 6.31. The standard InChI is InChI=1S/C17H24ClNO2/c1-13-7-9-17(10-8-13,16(20)21)12-19(2)11-14-5-3-4-6-15(14)18/h3-6,13H,7-12H2,1-2H3,(H,20,21). The Kier molecular flexibility index (Phi) is 5.28. The molecular formula is C17H24ClNO2. The van der Waals surface area contributed by atoms with Gasteiger partial charge in [0.2, 0.25) is 0 Å². The fourth-order valence-electron chi connectivity index (χ4n) is 3.24. The molecular weight excluding hydrogens is 286 g/mol. The van der Waals surface area contributed by atoms with Crippen LogP contribution in [-0.2, 0) is 11.3 Å². The first-order chi connectivity index (χ1) is 9.93. The van der Waals surface area contributed by atoms with E-state index in [1.807, 2.05) is 31.3 Å². The lowest BCUT2D eigenvalue weighted by molar-refractivity contribution is -0.153. The molecule has 1 aromatic carbocycles. The van der Waals surface area contributed by atoms with Gasteiger partial charge in [0, 0.05) is 18.1 Å². The number of aliphatic carboxylic acids is 1. The second-order valence-electron chi connectivity index (χ2n) is 6.53. The summed E-state index contributed by atoms with van der Waals surface area (Å²) >= 11 is 6.18. The minimum absolute atomic E-state index is 0.584. The topological polar surface area (TPSA) is 40.5 Å². The first-order valence-electron chi connectivity index (χ1n) is 7.58. The fourth-order valence-corrected chi connectivity index (χ4v) is 3.44. The Labute approximate surface area is 131 Å². The highest BCUT2D eigenvalue weighted by atomic mass is 35.5. The van der Waals surface area contributed by atoms with E-state index >= 15 is 0 Å². The summed E-state index contributed by atoms with van der Waals surface area (Å²) in [6.45, 7) is 3.48. The molecule has 0 aromatic heterocycles. The molecule has 0 heterocycles. The van der Waals surface area contributed by atoms with Gasteiger partial charge in [0.25, 0.3) is 0 Å². The van der Waals surface area contributed by atoms with E-state index < -0.39 is 11.4 Å². The Bertz CT molecular complexity index is 495. The van der Waals surface area contributed by atoms with Gasteiger partial charge in [-0.3, -0.25) is 4.79 Å². The van der Waals surface area contributed by atoms with Gasteiger partial charge in [-0.25, -0.2) is 0 Å². The van der Waals surface area contributed by atoms with Gasteiger partial charge in [-0.05, 0) is 50.3 Å². The summed E-state index contributed by atoms with van der Waals surface area (Å²) in [5.74, 6) is -0.00763. The zero-order chi connectivity index (χ0) is 15.5. The number of nitrogens with zero attached hydrogens (tertiary/aromatic N) is 1. The zero-order valence-electron chi connectivity index (χ0n) is 12.8. The lowest BCUT2D eigenvalue weighted by Gasteiger charge is -2.38. The van der Waals surface area contributed by atoms with Crippen LogP contribution < -0.4 is 0 Å². The van der Waals surface area contributed by atoms with Crippen LogP contribution in [0.4, 0.5) is 0 Å². The lowest BCUT2D eigenvalue weighted by atomic mass is 9.70. The number of carboxylic acids is 1. The molecule has 1 aliphatic carbocycles. The first-order valence-corrected chi connectivity index (χ1v) is 7.96. The van der Waals surface area contributed by atoms with E-state index in [9.17, 15) is 9.90 Å². The molecule has 0 saturated heterocycles. The molecule has 3 nitrogen and oxygen atoms in total. The highest BCUT2D eigenvalue weighted by Gasteiger charge is 2.41. The zero-order valence-corrected chi connectivity index (χ0v) is 13.6. The van der Waals surface area contributed by atoms with Crippen molar-refractivity contribution in [2.75, 3.05) is 13.6 Å². The third-order valence-electron chi connectivity index (χ3n) is 4.66. The Morgan fingerprint density at radius 3 is 2.57 bits per heavy atom. The van der Waals surface area contributed by atoms with Crippen LogP contribution in [0.3, 0.4) is 0 Å². The molecule has 1 N–H and O–H groups in total. The van der Waals surface area contributed by atoms with Crippen LogP contribution >= 0.6 is 11.6 Å². The van der Waals surface area contributed by atoms with Crippen molar-refractivity contribution in [3.8, 4) is 0 Å². The average molecular weight is 310 g/mol. The minimum Gasteiger partial charge on any atom is -0.481 e. The van der Waals surface area contributed by atoms with Crippen LogP contribution in [-0.4, -0.2) is 29.6 Å². The van der Waals surface area contributed by atoms with E-state index in [-0.39, 0.29) is 0 Å². The van der Waals surface area contributed by atoms with Crippen LogP contribution in [0.5, 0.6) is 0 Å². The monoisotopic (exact) mass is 309 g/mol. The van der Waals surface area contributed by atoms with Crippen LogP contribution in [0.1, 0.15) is 38.2 Å². The molecule has 1 saturated carbocycles. The van der Waals surface area contributed by atoms with Crippen molar-refractivity contribution < 1.29 is 9.90 Å². The van der Waals surface area contributed by atoms with Gasteiger partial charge < -0.3 is 10.0 Å². The van der Waals surface area contributed by atoms with Gasteiger partial charge in [0.1, 0.15) is 0 Å². The predicted octanol–water partition coefficient (Wildman–Crippen LogP) is 4.05. The third-order valence-corrected chi connectivity index (χ3v) is 5.02. The van der Waals surface area contributed by atoms with Crippen molar-refractivity contribution in [1.82, 2.24) is 4.90 Å². The Balaban J connectivity index is 2.04. The first kappa shape index (κ1) is 16.3. The van der Waals surface area contributed by atoms with Gasteiger partial charge in [-0.15, -0.1) is 0 Å². The van der Waals surface area contributed by atoms with Crippen LogP contribution in [0.25, 0.3) is 0 Å². The molecule has 21 heavy (non-hydrogen) atoms. The second-order valence-corrected chi connectivity index (χ2v) is 6.94. The van der Waals surface area contributed by atoms with Crippen molar-refractivity contribution in [1.29, 1.82) is 0 Å². The van der Waals surface area contributed by atoms with Crippen LogP contribution in [0.15, 0.2) is 24.3 Å². The maximum atomic E-state index is 11.8. The van der Waals surface area contributed by atoms with Crippen molar-refractivity contribution in [2.24, 2.45) is 11.3 Å². The number of rotatable bonds is 5. The lowest BCUT2D eigenvalue weighted by Crippen LogP contribution is -2.44. The minimum atomic E-state index is -0.652. The van der Waals surface area contributed by atoms with E-state index in [4.69, 9.17) is 11.6 Å².